The van der Waals surface area contributed by atoms with E-state index >= 15 is 0 Å². The number of nitrogens with zero attached hydrogens (tertiary/aromatic N) is 1. The summed E-state index contributed by atoms with van der Waals surface area (Å²) in [6.45, 7) is 5.33. The monoisotopic (exact) mass is 263 g/mol. The Hall–Kier alpha value is -1.75. The highest BCUT2D eigenvalue weighted by atomic mass is 16.3. The van der Waals surface area contributed by atoms with E-state index in [0.717, 1.165) is 24.5 Å². The van der Waals surface area contributed by atoms with Gasteiger partial charge in [-0.05, 0) is 26.0 Å². The minimum Gasteiger partial charge on any atom is -0.389 e. The number of hydrogen-bond donors (Lipinski definition) is 3. The Morgan fingerprint density at radius 3 is 2.74 bits per heavy atom. The first kappa shape index (κ1) is 13.7. The number of carbonyl (C=O) groups excluding carboxylic acids is 1. The maximum Gasteiger partial charge on any atom is 0.255 e. The molecule has 0 unspecified atom stereocenters. The van der Waals surface area contributed by atoms with Crippen LogP contribution in [0.4, 0.5) is 11.4 Å². The zero-order chi connectivity index (χ0) is 14.0. The van der Waals surface area contributed by atoms with Gasteiger partial charge in [-0.25, -0.2) is 0 Å². The highest BCUT2D eigenvalue weighted by Crippen LogP contribution is 2.29. The molecule has 2 rings (SSSR count). The number of fused-ring (bicyclic) bond motifs is 1. The lowest BCUT2D eigenvalue weighted by atomic mass is 10.1. The van der Waals surface area contributed by atoms with Gasteiger partial charge in [0.15, 0.2) is 0 Å². The lowest BCUT2D eigenvalue weighted by Gasteiger charge is -2.28. The topological polar surface area (TPSA) is 64.6 Å². The highest BCUT2D eigenvalue weighted by molar-refractivity contribution is 6.02. The zero-order valence-corrected chi connectivity index (χ0v) is 11.7. The summed E-state index contributed by atoms with van der Waals surface area (Å²) in [5, 5.41) is 16.3. The molecule has 1 aliphatic heterocycles. The molecule has 3 N–H and O–H groups in total. The predicted molar refractivity (Wildman–Crippen MR) is 76.7 cm³/mol. The zero-order valence-electron chi connectivity index (χ0n) is 11.7. The van der Waals surface area contributed by atoms with E-state index in [4.69, 9.17) is 0 Å². The molecule has 0 saturated carbocycles. The number of amides is 1. The van der Waals surface area contributed by atoms with Crippen LogP contribution in [-0.4, -0.2) is 48.2 Å². The molecule has 0 saturated heterocycles. The molecule has 0 bridgehead atoms. The van der Waals surface area contributed by atoms with Crippen molar-refractivity contribution in [2.45, 2.75) is 19.4 Å². The van der Waals surface area contributed by atoms with Crippen LogP contribution in [0.5, 0.6) is 0 Å². The van der Waals surface area contributed by atoms with Gasteiger partial charge in [0.25, 0.3) is 5.91 Å². The Morgan fingerprint density at radius 2 is 2.05 bits per heavy atom. The van der Waals surface area contributed by atoms with Gasteiger partial charge in [0, 0.05) is 26.7 Å². The van der Waals surface area contributed by atoms with Crippen LogP contribution in [0.2, 0.25) is 0 Å². The largest absolute Gasteiger partial charge is 0.389 e. The van der Waals surface area contributed by atoms with E-state index in [2.05, 4.69) is 10.6 Å². The number of para-hydroxylation sites is 1. The van der Waals surface area contributed by atoms with E-state index in [1.165, 1.54) is 0 Å². The number of aliphatic hydroxyl groups is 1. The van der Waals surface area contributed by atoms with E-state index in [9.17, 15) is 9.90 Å². The van der Waals surface area contributed by atoms with Crippen molar-refractivity contribution in [3.05, 3.63) is 23.8 Å². The first-order chi connectivity index (χ1) is 8.88. The van der Waals surface area contributed by atoms with Crippen molar-refractivity contribution < 1.29 is 9.90 Å². The maximum atomic E-state index is 12.4. The molecule has 0 atom stereocenters. The molecule has 1 aliphatic rings. The third-order valence-electron chi connectivity index (χ3n) is 3.01. The fourth-order valence-corrected chi connectivity index (χ4v) is 2.31. The molecule has 1 amide bonds. The normalized spacial score (nSPS) is 14.1. The Morgan fingerprint density at radius 1 is 1.37 bits per heavy atom. The Bertz CT molecular complexity index is 480. The molecule has 0 fully saturated rings. The molecule has 0 spiro atoms. The Balaban J connectivity index is 2.24. The number of rotatable bonds is 3. The maximum absolute atomic E-state index is 12.4. The molecular formula is C14H21N3O2. The summed E-state index contributed by atoms with van der Waals surface area (Å²) in [7, 11) is 1.70. The quantitative estimate of drug-likeness (QED) is 0.770. The van der Waals surface area contributed by atoms with Crippen molar-refractivity contribution in [3.63, 3.8) is 0 Å². The molecular weight excluding hydrogens is 242 g/mol. The summed E-state index contributed by atoms with van der Waals surface area (Å²) in [6.07, 6.45) is 0. The molecule has 0 aromatic heterocycles. The summed E-state index contributed by atoms with van der Waals surface area (Å²) in [5.41, 5.74) is 1.54. The number of likely N-dealkylation sites (N-methyl/N-ethyl adjacent to an activating group) is 1. The van der Waals surface area contributed by atoms with Crippen LogP contribution in [0, 0.1) is 0 Å². The van der Waals surface area contributed by atoms with E-state index in [1.807, 2.05) is 18.2 Å². The average Bonchev–Trinajstić information content (AvgIpc) is 2.35. The summed E-state index contributed by atoms with van der Waals surface area (Å²) in [4.78, 5) is 14.0. The third-order valence-corrected chi connectivity index (χ3v) is 3.01. The van der Waals surface area contributed by atoms with Crippen molar-refractivity contribution >= 4 is 17.3 Å². The first-order valence-electron chi connectivity index (χ1n) is 6.47. The fourth-order valence-electron chi connectivity index (χ4n) is 2.31. The molecule has 0 radical (unpaired) electrons. The van der Waals surface area contributed by atoms with Crippen molar-refractivity contribution in [2.24, 2.45) is 0 Å². The highest BCUT2D eigenvalue weighted by Gasteiger charge is 2.23. The summed E-state index contributed by atoms with van der Waals surface area (Å²) < 4.78 is 0. The summed E-state index contributed by atoms with van der Waals surface area (Å²) >= 11 is 0. The first-order valence-corrected chi connectivity index (χ1v) is 6.47. The minimum absolute atomic E-state index is 0.0878. The Kier molecular flexibility index (Phi) is 3.66. The SMILES string of the molecule is CN(CC(C)(C)O)C(=O)c1cccc2c1NCCN2. The summed E-state index contributed by atoms with van der Waals surface area (Å²) in [5.74, 6) is -0.0878. The molecule has 5 nitrogen and oxygen atoms in total. The van der Waals surface area contributed by atoms with Gasteiger partial charge in [-0.15, -0.1) is 0 Å². The van der Waals surface area contributed by atoms with Gasteiger partial charge in [-0.2, -0.15) is 0 Å². The van der Waals surface area contributed by atoms with E-state index in [0.29, 0.717) is 12.1 Å². The van der Waals surface area contributed by atoms with Gasteiger partial charge in [-0.1, -0.05) is 6.07 Å². The molecule has 1 heterocycles. The van der Waals surface area contributed by atoms with Crippen molar-refractivity contribution in [3.8, 4) is 0 Å². The van der Waals surface area contributed by atoms with Crippen LogP contribution in [0.3, 0.4) is 0 Å². The number of anilines is 2. The van der Waals surface area contributed by atoms with Gasteiger partial charge in [-0.3, -0.25) is 4.79 Å². The lowest BCUT2D eigenvalue weighted by Crippen LogP contribution is -2.40. The Labute approximate surface area is 113 Å². The van der Waals surface area contributed by atoms with Gasteiger partial charge in [0.05, 0.1) is 22.5 Å². The van der Waals surface area contributed by atoms with E-state index in [1.54, 1.807) is 25.8 Å². The fraction of sp³-hybridized carbons (Fsp3) is 0.500. The van der Waals surface area contributed by atoms with Crippen LogP contribution in [0.25, 0.3) is 0 Å². The van der Waals surface area contributed by atoms with Gasteiger partial charge in [0.1, 0.15) is 0 Å². The standard InChI is InChI=1S/C14H21N3O2/c1-14(2,19)9-17(3)13(18)10-5-4-6-11-12(10)16-8-7-15-11/h4-6,15-16,19H,7-9H2,1-3H3. The van der Waals surface area contributed by atoms with Crippen LogP contribution in [0.15, 0.2) is 18.2 Å². The van der Waals surface area contributed by atoms with Crippen LogP contribution in [-0.2, 0) is 0 Å². The molecule has 1 aromatic rings. The van der Waals surface area contributed by atoms with Crippen LogP contribution in [0.1, 0.15) is 24.2 Å². The van der Waals surface area contributed by atoms with Gasteiger partial charge < -0.3 is 20.6 Å². The van der Waals surface area contributed by atoms with Crippen molar-refractivity contribution in [1.29, 1.82) is 0 Å². The second kappa shape index (κ2) is 5.09. The van der Waals surface area contributed by atoms with E-state index in [-0.39, 0.29) is 5.91 Å². The lowest BCUT2D eigenvalue weighted by molar-refractivity contribution is 0.0368. The molecule has 5 heteroatoms. The number of nitrogens with one attached hydrogen (secondary N) is 2. The van der Waals surface area contributed by atoms with Crippen LogP contribution >= 0.6 is 0 Å². The van der Waals surface area contributed by atoms with Crippen molar-refractivity contribution in [1.82, 2.24) is 4.90 Å². The van der Waals surface area contributed by atoms with Gasteiger partial charge >= 0.3 is 0 Å². The minimum atomic E-state index is -0.898. The predicted octanol–water partition coefficient (Wildman–Crippen LogP) is 1.37. The summed E-state index contributed by atoms with van der Waals surface area (Å²) in [6, 6.07) is 5.63. The molecule has 0 aliphatic carbocycles. The average molecular weight is 263 g/mol. The number of hydrogen-bond acceptors (Lipinski definition) is 4. The number of benzene rings is 1. The van der Waals surface area contributed by atoms with E-state index < -0.39 is 5.60 Å². The third kappa shape index (κ3) is 3.17. The van der Waals surface area contributed by atoms with Crippen LogP contribution < -0.4 is 10.6 Å². The molecule has 1 aromatic carbocycles. The second-order valence-corrected chi connectivity index (χ2v) is 5.56. The molecule has 19 heavy (non-hydrogen) atoms. The molecule has 104 valence electrons. The smallest absolute Gasteiger partial charge is 0.255 e. The second-order valence-electron chi connectivity index (χ2n) is 5.56. The van der Waals surface area contributed by atoms with Gasteiger partial charge in [0.2, 0.25) is 0 Å². The van der Waals surface area contributed by atoms with Crippen molar-refractivity contribution in [2.75, 3.05) is 37.3 Å². The number of carbonyl (C=O) groups is 1.